The van der Waals surface area contributed by atoms with Crippen LogP contribution >= 0.6 is 0 Å². The summed E-state index contributed by atoms with van der Waals surface area (Å²) in [6.07, 6.45) is 1.68. The SMILES string of the molecule is O=C(CCCc1ccc(F)cc1)NCC(=O)Nc1ccccc1. The predicted octanol–water partition coefficient (Wildman–Crippen LogP) is 2.90. The van der Waals surface area contributed by atoms with Crippen LogP contribution in [0.3, 0.4) is 0 Å². The molecule has 0 radical (unpaired) electrons. The fourth-order valence-electron chi connectivity index (χ4n) is 2.10. The van der Waals surface area contributed by atoms with Crippen molar-refractivity contribution >= 4 is 17.5 Å². The van der Waals surface area contributed by atoms with Gasteiger partial charge in [-0.15, -0.1) is 0 Å². The topological polar surface area (TPSA) is 58.2 Å². The Kier molecular flexibility index (Phi) is 6.29. The van der Waals surface area contributed by atoms with E-state index in [1.165, 1.54) is 12.1 Å². The molecule has 2 aromatic carbocycles. The zero-order valence-electron chi connectivity index (χ0n) is 12.7. The molecule has 0 atom stereocenters. The summed E-state index contributed by atoms with van der Waals surface area (Å²) >= 11 is 0. The highest BCUT2D eigenvalue weighted by Crippen LogP contribution is 2.07. The van der Waals surface area contributed by atoms with E-state index in [1.54, 1.807) is 24.3 Å². The van der Waals surface area contributed by atoms with Crippen LogP contribution in [0.15, 0.2) is 54.6 Å². The number of halogens is 1. The van der Waals surface area contributed by atoms with Crippen LogP contribution in [0.25, 0.3) is 0 Å². The Hall–Kier alpha value is -2.69. The molecule has 120 valence electrons. The molecular formula is C18H19FN2O2. The number of nitrogens with one attached hydrogen (secondary N) is 2. The van der Waals surface area contributed by atoms with Gasteiger partial charge in [0.15, 0.2) is 0 Å². The van der Waals surface area contributed by atoms with E-state index in [1.807, 2.05) is 18.2 Å². The van der Waals surface area contributed by atoms with Crippen molar-refractivity contribution in [1.82, 2.24) is 5.32 Å². The average molecular weight is 314 g/mol. The standard InChI is InChI=1S/C18H19FN2O2/c19-15-11-9-14(10-12-15)5-4-8-17(22)20-13-18(23)21-16-6-2-1-3-7-16/h1-3,6-7,9-12H,4-5,8,13H2,(H,20,22)(H,21,23). The second-order valence-electron chi connectivity index (χ2n) is 5.17. The Morgan fingerprint density at radius 2 is 1.61 bits per heavy atom. The van der Waals surface area contributed by atoms with Gasteiger partial charge in [-0.3, -0.25) is 9.59 Å². The number of rotatable bonds is 7. The average Bonchev–Trinajstić information content (AvgIpc) is 2.56. The van der Waals surface area contributed by atoms with E-state index in [4.69, 9.17) is 0 Å². The van der Waals surface area contributed by atoms with Gasteiger partial charge in [0, 0.05) is 12.1 Å². The van der Waals surface area contributed by atoms with Crippen LogP contribution in [0.4, 0.5) is 10.1 Å². The van der Waals surface area contributed by atoms with E-state index in [2.05, 4.69) is 10.6 Å². The minimum Gasteiger partial charge on any atom is -0.347 e. The molecule has 0 saturated heterocycles. The Morgan fingerprint density at radius 1 is 0.913 bits per heavy atom. The molecule has 4 nitrogen and oxygen atoms in total. The van der Waals surface area contributed by atoms with Crippen molar-refractivity contribution in [3.63, 3.8) is 0 Å². The van der Waals surface area contributed by atoms with Crippen molar-refractivity contribution in [2.45, 2.75) is 19.3 Å². The summed E-state index contributed by atoms with van der Waals surface area (Å²) in [6, 6.07) is 15.3. The van der Waals surface area contributed by atoms with Crippen molar-refractivity contribution in [2.75, 3.05) is 11.9 Å². The number of anilines is 1. The molecule has 0 bridgehead atoms. The van der Waals surface area contributed by atoms with E-state index >= 15 is 0 Å². The lowest BCUT2D eigenvalue weighted by atomic mass is 10.1. The second-order valence-corrected chi connectivity index (χ2v) is 5.17. The van der Waals surface area contributed by atoms with Crippen LogP contribution < -0.4 is 10.6 Å². The van der Waals surface area contributed by atoms with Gasteiger partial charge in [-0.05, 0) is 42.7 Å². The largest absolute Gasteiger partial charge is 0.347 e. The van der Waals surface area contributed by atoms with E-state index in [-0.39, 0.29) is 24.2 Å². The fourth-order valence-corrected chi connectivity index (χ4v) is 2.10. The number of carbonyl (C=O) groups is 2. The quantitative estimate of drug-likeness (QED) is 0.825. The van der Waals surface area contributed by atoms with Crippen molar-refractivity contribution < 1.29 is 14.0 Å². The molecule has 0 aliphatic heterocycles. The van der Waals surface area contributed by atoms with Gasteiger partial charge in [-0.1, -0.05) is 30.3 Å². The molecule has 0 aliphatic rings. The molecule has 0 spiro atoms. The van der Waals surface area contributed by atoms with Gasteiger partial charge < -0.3 is 10.6 Å². The Balaban J connectivity index is 1.63. The summed E-state index contributed by atoms with van der Waals surface area (Å²) in [6.45, 7) is -0.0513. The third kappa shape index (κ3) is 6.30. The molecule has 23 heavy (non-hydrogen) atoms. The number of carbonyl (C=O) groups excluding carboxylic acids is 2. The third-order valence-corrected chi connectivity index (χ3v) is 3.29. The third-order valence-electron chi connectivity index (χ3n) is 3.29. The van der Waals surface area contributed by atoms with Crippen molar-refractivity contribution in [3.8, 4) is 0 Å². The molecule has 0 unspecified atom stereocenters. The first-order chi connectivity index (χ1) is 11.1. The van der Waals surface area contributed by atoms with E-state index in [9.17, 15) is 14.0 Å². The Labute approximate surface area is 134 Å². The molecule has 5 heteroatoms. The number of benzene rings is 2. The summed E-state index contributed by atoms with van der Waals surface area (Å²) < 4.78 is 12.8. The van der Waals surface area contributed by atoms with Crippen LogP contribution in [-0.4, -0.2) is 18.4 Å². The normalized spacial score (nSPS) is 10.1. The Morgan fingerprint density at radius 3 is 2.30 bits per heavy atom. The maximum atomic E-state index is 12.8. The van der Waals surface area contributed by atoms with Crippen LogP contribution in [0, 0.1) is 5.82 Å². The lowest BCUT2D eigenvalue weighted by molar-refractivity contribution is -0.124. The first-order valence-electron chi connectivity index (χ1n) is 7.49. The molecule has 0 saturated carbocycles. The molecule has 2 aromatic rings. The highest BCUT2D eigenvalue weighted by molar-refractivity contribution is 5.94. The van der Waals surface area contributed by atoms with Crippen LogP contribution in [0.5, 0.6) is 0 Å². The second kappa shape index (κ2) is 8.68. The van der Waals surface area contributed by atoms with Gasteiger partial charge in [0.25, 0.3) is 0 Å². The molecule has 0 fully saturated rings. The highest BCUT2D eigenvalue weighted by Gasteiger charge is 2.06. The number of hydrogen-bond acceptors (Lipinski definition) is 2. The number of aryl methyl sites for hydroxylation is 1. The summed E-state index contributed by atoms with van der Waals surface area (Å²) in [5.41, 5.74) is 1.68. The van der Waals surface area contributed by atoms with E-state index in [0.717, 1.165) is 5.56 Å². The van der Waals surface area contributed by atoms with Gasteiger partial charge >= 0.3 is 0 Å². The van der Waals surface area contributed by atoms with Crippen LogP contribution in [0.1, 0.15) is 18.4 Å². The molecule has 0 aliphatic carbocycles. The minimum absolute atomic E-state index is 0.0513. The maximum absolute atomic E-state index is 12.8. The zero-order chi connectivity index (χ0) is 16.5. The fraction of sp³-hybridized carbons (Fsp3) is 0.222. The summed E-state index contributed by atoms with van der Waals surface area (Å²) in [4.78, 5) is 23.4. The molecular weight excluding hydrogens is 295 g/mol. The smallest absolute Gasteiger partial charge is 0.243 e. The maximum Gasteiger partial charge on any atom is 0.243 e. The number of hydrogen-bond donors (Lipinski definition) is 2. The minimum atomic E-state index is -0.268. The molecule has 2 rings (SSSR count). The lowest BCUT2D eigenvalue weighted by Crippen LogP contribution is -2.32. The number of para-hydroxylation sites is 1. The van der Waals surface area contributed by atoms with Gasteiger partial charge in [0.1, 0.15) is 5.82 Å². The summed E-state index contributed by atoms with van der Waals surface area (Å²) in [5.74, 6) is -0.700. The zero-order valence-corrected chi connectivity index (χ0v) is 12.7. The van der Waals surface area contributed by atoms with Gasteiger partial charge in [-0.25, -0.2) is 4.39 Å². The van der Waals surface area contributed by atoms with E-state index in [0.29, 0.717) is 24.9 Å². The van der Waals surface area contributed by atoms with Gasteiger partial charge in [0.2, 0.25) is 11.8 Å². The first-order valence-corrected chi connectivity index (χ1v) is 7.49. The Bertz CT molecular complexity index is 642. The van der Waals surface area contributed by atoms with Crippen LogP contribution in [-0.2, 0) is 16.0 Å². The number of amides is 2. The van der Waals surface area contributed by atoms with Crippen LogP contribution in [0.2, 0.25) is 0 Å². The predicted molar refractivity (Wildman–Crippen MR) is 87.4 cm³/mol. The van der Waals surface area contributed by atoms with Crippen molar-refractivity contribution in [3.05, 3.63) is 66.0 Å². The highest BCUT2D eigenvalue weighted by atomic mass is 19.1. The van der Waals surface area contributed by atoms with Gasteiger partial charge in [0.05, 0.1) is 6.54 Å². The molecule has 2 amide bonds. The first kappa shape index (κ1) is 16.7. The lowest BCUT2D eigenvalue weighted by Gasteiger charge is -2.07. The van der Waals surface area contributed by atoms with E-state index < -0.39 is 0 Å². The summed E-state index contributed by atoms with van der Waals surface area (Å²) in [7, 11) is 0. The monoisotopic (exact) mass is 314 g/mol. The summed E-state index contributed by atoms with van der Waals surface area (Å²) in [5, 5.41) is 5.28. The molecule has 0 aromatic heterocycles. The van der Waals surface area contributed by atoms with Gasteiger partial charge in [-0.2, -0.15) is 0 Å². The van der Waals surface area contributed by atoms with Crippen molar-refractivity contribution in [1.29, 1.82) is 0 Å². The van der Waals surface area contributed by atoms with Crippen molar-refractivity contribution in [2.24, 2.45) is 0 Å². The molecule has 2 N–H and O–H groups in total. The molecule has 0 heterocycles.